The molecule has 0 saturated heterocycles. The number of esters is 1. The molecule has 2 N–H and O–H groups in total. The topological polar surface area (TPSA) is 87.2 Å². The van der Waals surface area contributed by atoms with E-state index in [0.29, 0.717) is 18.5 Å². The number of benzene rings is 1. The van der Waals surface area contributed by atoms with E-state index >= 15 is 0 Å². The second kappa shape index (κ2) is 8.84. The van der Waals surface area contributed by atoms with Crippen molar-refractivity contribution in [1.29, 1.82) is 0 Å². The Bertz CT molecular complexity index is 963. The van der Waals surface area contributed by atoms with Gasteiger partial charge in [-0.15, -0.1) is 11.3 Å². The van der Waals surface area contributed by atoms with Crippen LogP contribution in [0, 0.1) is 6.92 Å². The standard InChI is InChI=1S/C21H23N3O3S/c1-14-18(20(22)26)19(21-23-11-13-28-21)16(8-9-17(25)27-2)24(14)12-10-15-6-4-3-5-7-15/h3-7,11,13H,8-10,12H2,1-2H3,(H2,22,26). The zero-order chi connectivity index (χ0) is 20.1. The Hall–Kier alpha value is -2.93. The number of methoxy groups -OCH3 is 1. The number of primary amides is 1. The van der Waals surface area contributed by atoms with Crippen molar-refractivity contribution in [1.82, 2.24) is 9.55 Å². The molecule has 0 bridgehead atoms. The molecule has 28 heavy (non-hydrogen) atoms. The molecule has 0 aliphatic heterocycles. The normalized spacial score (nSPS) is 10.8. The number of carbonyl (C=O) groups excluding carboxylic acids is 2. The molecule has 1 aromatic carbocycles. The second-order valence-corrected chi connectivity index (χ2v) is 7.34. The molecule has 7 heteroatoms. The van der Waals surface area contributed by atoms with Gasteiger partial charge in [-0.25, -0.2) is 4.98 Å². The number of aryl methyl sites for hydroxylation is 1. The maximum atomic E-state index is 12.3. The SMILES string of the molecule is COC(=O)CCc1c(-c2nccs2)c(C(N)=O)c(C)n1CCc1ccccc1. The number of amides is 1. The Morgan fingerprint density at radius 2 is 1.96 bits per heavy atom. The van der Waals surface area contributed by atoms with E-state index in [1.54, 1.807) is 6.20 Å². The number of aromatic nitrogens is 2. The summed E-state index contributed by atoms with van der Waals surface area (Å²) in [5.74, 6) is -0.778. The van der Waals surface area contributed by atoms with Crippen molar-refractivity contribution in [3.8, 4) is 10.6 Å². The summed E-state index contributed by atoms with van der Waals surface area (Å²) in [7, 11) is 1.37. The van der Waals surface area contributed by atoms with Gasteiger partial charge in [-0.1, -0.05) is 30.3 Å². The number of hydrogen-bond acceptors (Lipinski definition) is 5. The molecule has 0 atom stereocenters. The minimum Gasteiger partial charge on any atom is -0.469 e. The van der Waals surface area contributed by atoms with Gasteiger partial charge in [-0.2, -0.15) is 0 Å². The zero-order valence-electron chi connectivity index (χ0n) is 16.0. The third kappa shape index (κ3) is 4.14. The van der Waals surface area contributed by atoms with E-state index in [-0.39, 0.29) is 12.4 Å². The average molecular weight is 398 g/mol. The third-order valence-corrected chi connectivity index (χ3v) is 5.57. The van der Waals surface area contributed by atoms with Crippen LogP contribution in [-0.4, -0.2) is 28.5 Å². The maximum Gasteiger partial charge on any atom is 0.305 e. The van der Waals surface area contributed by atoms with Crippen molar-refractivity contribution >= 4 is 23.2 Å². The molecular formula is C21H23N3O3S. The molecule has 3 rings (SSSR count). The van der Waals surface area contributed by atoms with Gasteiger partial charge in [0.25, 0.3) is 5.91 Å². The first-order chi connectivity index (χ1) is 13.5. The monoisotopic (exact) mass is 397 g/mol. The summed E-state index contributed by atoms with van der Waals surface area (Å²) in [6.07, 6.45) is 3.18. The van der Waals surface area contributed by atoms with Crippen LogP contribution in [0.3, 0.4) is 0 Å². The van der Waals surface area contributed by atoms with Gasteiger partial charge in [0.05, 0.1) is 19.1 Å². The molecule has 0 saturated carbocycles. The van der Waals surface area contributed by atoms with E-state index < -0.39 is 5.91 Å². The van der Waals surface area contributed by atoms with Crippen molar-refractivity contribution in [2.75, 3.05) is 7.11 Å². The number of hydrogen-bond donors (Lipinski definition) is 1. The molecule has 2 heterocycles. The fraction of sp³-hybridized carbons (Fsp3) is 0.286. The van der Waals surface area contributed by atoms with Crippen molar-refractivity contribution in [3.63, 3.8) is 0 Å². The van der Waals surface area contributed by atoms with Crippen LogP contribution in [0.25, 0.3) is 10.6 Å². The van der Waals surface area contributed by atoms with Gasteiger partial charge >= 0.3 is 5.97 Å². The number of rotatable bonds is 8. The molecule has 0 unspecified atom stereocenters. The van der Waals surface area contributed by atoms with Crippen molar-refractivity contribution in [3.05, 3.63) is 64.4 Å². The number of thiazole rings is 1. The molecule has 3 aromatic rings. The van der Waals surface area contributed by atoms with Crippen LogP contribution >= 0.6 is 11.3 Å². The lowest BCUT2D eigenvalue weighted by atomic mass is 10.1. The van der Waals surface area contributed by atoms with Crippen LogP contribution in [0.1, 0.15) is 33.7 Å². The second-order valence-electron chi connectivity index (χ2n) is 6.45. The lowest BCUT2D eigenvalue weighted by Gasteiger charge is -2.13. The first kappa shape index (κ1) is 19.8. The number of ether oxygens (including phenoxy) is 1. The highest BCUT2D eigenvalue weighted by molar-refractivity contribution is 7.13. The van der Waals surface area contributed by atoms with Gasteiger partial charge in [0.15, 0.2) is 0 Å². The summed E-state index contributed by atoms with van der Waals surface area (Å²) in [5.41, 5.74) is 9.83. The maximum absolute atomic E-state index is 12.3. The minimum atomic E-state index is -0.486. The Kier molecular flexibility index (Phi) is 6.26. The Morgan fingerprint density at radius 3 is 2.57 bits per heavy atom. The Morgan fingerprint density at radius 1 is 1.21 bits per heavy atom. The summed E-state index contributed by atoms with van der Waals surface area (Å²) in [6, 6.07) is 10.1. The summed E-state index contributed by atoms with van der Waals surface area (Å²) in [4.78, 5) is 28.4. The number of carbonyl (C=O) groups is 2. The molecule has 146 valence electrons. The highest BCUT2D eigenvalue weighted by Crippen LogP contribution is 2.35. The van der Waals surface area contributed by atoms with Crippen LogP contribution < -0.4 is 5.73 Å². The van der Waals surface area contributed by atoms with Crippen molar-refractivity contribution in [2.45, 2.75) is 32.7 Å². The van der Waals surface area contributed by atoms with Crippen LogP contribution in [-0.2, 0) is 28.9 Å². The van der Waals surface area contributed by atoms with E-state index in [1.165, 1.54) is 24.0 Å². The van der Waals surface area contributed by atoms with Gasteiger partial charge in [-0.05, 0) is 25.3 Å². The van der Waals surface area contributed by atoms with Gasteiger partial charge in [-0.3, -0.25) is 9.59 Å². The molecule has 0 spiro atoms. The zero-order valence-corrected chi connectivity index (χ0v) is 16.8. The van der Waals surface area contributed by atoms with E-state index in [1.807, 2.05) is 30.5 Å². The predicted molar refractivity (Wildman–Crippen MR) is 109 cm³/mol. The molecule has 2 aromatic heterocycles. The van der Waals surface area contributed by atoms with E-state index in [0.717, 1.165) is 28.4 Å². The number of nitrogens with two attached hydrogens (primary N) is 1. The largest absolute Gasteiger partial charge is 0.469 e. The summed E-state index contributed by atoms with van der Waals surface area (Å²) >= 11 is 1.45. The van der Waals surface area contributed by atoms with Gasteiger partial charge in [0.1, 0.15) is 5.01 Å². The lowest BCUT2D eigenvalue weighted by molar-refractivity contribution is -0.140. The molecule has 6 nitrogen and oxygen atoms in total. The summed E-state index contributed by atoms with van der Waals surface area (Å²) < 4.78 is 6.89. The van der Waals surface area contributed by atoms with Crippen LogP contribution in [0.5, 0.6) is 0 Å². The molecule has 0 aliphatic carbocycles. The fourth-order valence-electron chi connectivity index (χ4n) is 3.45. The van der Waals surface area contributed by atoms with Crippen LogP contribution in [0.2, 0.25) is 0 Å². The molecule has 0 aliphatic rings. The smallest absolute Gasteiger partial charge is 0.305 e. The molecule has 0 radical (unpaired) electrons. The molecule has 0 fully saturated rings. The van der Waals surface area contributed by atoms with E-state index in [4.69, 9.17) is 10.5 Å². The first-order valence-corrected chi connectivity index (χ1v) is 9.93. The van der Waals surface area contributed by atoms with Gasteiger partial charge in [0, 0.05) is 35.1 Å². The van der Waals surface area contributed by atoms with E-state index in [2.05, 4.69) is 21.7 Å². The molecular weight excluding hydrogens is 374 g/mol. The Labute approximate surface area is 168 Å². The summed E-state index contributed by atoms with van der Waals surface area (Å²) in [6.45, 7) is 2.57. The quantitative estimate of drug-likeness (QED) is 0.591. The van der Waals surface area contributed by atoms with Gasteiger partial charge in [0.2, 0.25) is 0 Å². The highest BCUT2D eigenvalue weighted by atomic mass is 32.1. The number of nitrogens with zero attached hydrogens (tertiary/aromatic N) is 2. The highest BCUT2D eigenvalue weighted by Gasteiger charge is 2.26. The Balaban J connectivity index is 2.06. The average Bonchev–Trinajstić information content (AvgIpc) is 3.31. The third-order valence-electron chi connectivity index (χ3n) is 4.78. The fourth-order valence-corrected chi connectivity index (χ4v) is 4.16. The van der Waals surface area contributed by atoms with Crippen LogP contribution in [0.15, 0.2) is 41.9 Å². The van der Waals surface area contributed by atoms with Crippen LogP contribution in [0.4, 0.5) is 0 Å². The first-order valence-electron chi connectivity index (χ1n) is 9.05. The molecule has 1 amide bonds. The van der Waals surface area contributed by atoms with E-state index in [9.17, 15) is 9.59 Å². The lowest BCUT2D eigenvalue weighted by Crippen LogP contribution is -2.14. The minimum absolute atomic E-state index is 0.224. The summed E-state index contributed by atoms with van der Waals surface area (Å²) in [5, 5.41) is 2.59. The van der Waals surface area contributed by atoms with Crippen molar-refractivity contribution in [2.24, 2.45) is 5.73 Å². The van der Waals surface area contributed by atoms with Gasteiger partial charge < -0.3 is 15.0 Å². The predicted octanol–water partition coefficient (Wildman–Crippen LogP) is 3.37. The van der Waals surface area contributed by atoms with Crippen molar-refractivity contribution < 1.29 is 14.3 Å².